The van der Waals surface area contributed by atoms with Crippen LogP contribution in [0.2, 0.25) is 5.02 Å². The highest BCUT2D eigenvalue weighted by Gasteiger charge is 2.06. The maximum Gasteiger partial charge on any atom is 0.224 e. The monoisotopic (exact) mass is 243 g/mol. The van der Waals surface area contributed by atoms with E-state index in [-0.39, 0.29) is 11.6 Å². The first-order valence-electron chi connectivity index (χ1n) is 5.38. The van der Waals surface area contributed by atoms with Crippen LogP contribution < -0.4 is 5.32 Å². The predicted molar refractivity (Wildman–Crippen MR) is 64.2 cm³/mol. The second-order valence-corrected chi connectivity index (χ2v) is 4.07. The van der Waals surface area contributed by atoms with E-state index in [1.807, 2.05) is 0 Å². The predicted octanol–water partition coefficient (Wildman–Crippen LogP) is 4.00. The highest BCUT2D eigenvalue weighted by Crippen LogP contribution is 2.19. The molecule has 1 amide bonds. The van der Waals surface area contributed by atoms with Crippen LogP contribution in [0.15, 0.2) is 18.2 Å². The molecule has 0 aromatic heterocycles. The number of hydrogen-bond donors (Lipinski definition) is 1. The van der Waals surface area contributed by atoms with E-state index in [0.717, 1.165) is 19.3 Å². The number of nitrogens with one attached hydrogen (secondary N) is 1. The number of benzene rings is 1. The molecule has 2 nitrogen and oxygen atoms in total. The Morgan fingerprint density at radius 1 is 1.44 bits per heavy atom. The SMILES string of the molecule is CCCCCC(=O)Nc1ccc(Cl)cc1F. The van der Waals surface area contributed by atoms with E-state index >= 15 is 0 Å². The van der Waals surface area contributed by atoms with Crippen molar-refractivity contribution in [3.8, 4) is 0 Å². The third-order valence-electron chi connectivity index (χ3n) is 2.21. The van der Waals surface area contributed by atoms with Gasteiger partial charge in [-0.15, -0.1) is 0 Å². The second-order valence-electron chi connectivity index (χ2n) is 3.63. The average molecular weight is 244 g/mol. The summed E-state index contributed by atoms with van der Waals surface area (Å²) >= 11 is 5.60. The zero-order chi connectivity index (χ0) is 12.0. The standard InChI is InChI=1S/C12H15ClFNO/c1-2-3-4-5-12(16)15-11-7-6-9(13)8-10(11)14/h6-8H,2-5H2,1H3,(H,15,16). The van der Waals surface area contributed by atoms with Crippen molar-refractivity contribution in [1.82, 2.24) is 0 Å². The number of halogens is 2. The molecule has 0 unspecified atom stereocenters. The molecule has 0 saturated carbocycles. The molecule has 0 atom stereocenters. The summed E-state index contributed by atoms with van der Waals surface area (Å²) in [5.74, 6) is -0.661. The maximum absolute atomic E-state index is 13.3. The molecule has 0 spiro atoms. The van der Waals surface area contributed by atoms with Crippen LogP contribution in [0.4, 0.5) is 10.1 Å². The van der Waals surface area contributed by atoms with Crippen molar-refractivity contribution in [3.05, 3.63) is 29.0 Å². The fourth-order valence-corrected chi connectivity index (χ4v) is 1.50. The minimum atomic E-state index is -0.503. The van der Waals surface area contributed by atoms with E-state index < -0.39 is 5.82 Å². The van der Waals surface area contributed by atoms with Crippen molar-refractivity contribution in [3.63, 3.8) is 0 Å². The van der Waals surface area contributed by atoms with Crippen molar-refractivity contribution in [2.24, 2.45) is 0 Å². The summed E-state index contributed by atoms with van der Waals surface area (Å²) in [4.78, 5) is 11.4. The average Bonchev–Trinajstić information content (AvgIpc) is 2.23. The van der Waals surface area contributed by atoms with E-state index in [1.54, 1.807) is 6.07 Å². The largest absolute Gasteiger partial charge is 0.324 e. The van der Waals surface area contributed by atoms with Crippen molar-refractivity contribution in [2.75, 3.05) is 5.32 Å². The highest BCUT2D eigenvalue weighted by molar-refractivity contribution is 6.30. The molecular formula is C12H15ClFNO. The number of carbonyl (C=O) groups excluding carboxylic acids is 1. The molecule has 0 radical (unpaired) electrons. The van der Waals surface area contributed by atoms with Gasteiger partial charge in [-0.05, 0) is 24.6 Å². The molecule has 1 aromatic carbocycles. The van der Waals surface area contributed by atoms with Gasteiger partial charge < -0.3 is 5.32 Å². The van der Waals surface area contributed by atoms with Crippen LogP contribution in [0, 0.1) is 5.82 Å². The minimum Gasteiger partial charge on any atom is -0.324 e. The third-order valence-corrected chi connectivity index (χ3v) is 2.45. The molecule has 0 bridgehead atoms. The second kappa shape index (κ2) is 6.48. The molecule has 0 aliphatic rings. The first-order valence-corrected chi connectivity index (χ1v) is 5.76. The first kappa shape index (κ1) is 13.0. The number of anilines is 1. The molecule has 0 saturated heterocycles. The minimum absolute atomic E-state index is 0.158. The zero-order valence-corrected chi connectivity index (χ0v) is 9.98. The molecule has 0 aliphatic carbocycles. The van der Waals surface area contributed by atoms with E-state index in [4.69, 9.17) is 11.6 Å². The lowest BCUT2D eigenvalue weighted by atomic mass is 10.2. The van der Waals surface area contributed by atoms with Gasteiger partial charge in [0.05, 0.1) is 5.69 Å². The lowest BCUT2D eigenvalue weighted by Crippen LogP contribution is -2.12. The Kier molecular flexibility index (Phi) is 5.26. The van der Waals surface area contributed by atoms with Crippen molar-refractivity contribution in [2.45, 2.75) is 32.6 Å². The normalized spacial score (nSPS) is 10.2. The summed E-state index contributed by atoms with van der Waals surface area (Å²) in [6.07, 6.45) is 3.33. The number of unbranched alkanes of at least 4 members (excludes halogenated alkanes) is 2. The van der Waals surface area contributed by atoms with Crippen molar-refractivity contribution in [1.29, 1.82) is 0 Å². The summed E-state index contributed by atoms with van der Waals surface area (Å²) in [7, 11) is 0. The first-order chi connectivity index (χ1) is 7.63. The van der Waals surface area contributed by atoms with Gasteiger partial charge in [-0.25, -0.2) is 4.39 Å². The van der Waals surface area contributed by atoms with Gasteiger partial charge in [-0.1, -0.05) is 31.4 Å². The number of carbonyl (C=O) groups is 1. The van der Waals surface area contributed by atoms with Crippen LogP contribution in [0.25, 0.3) is 0 Å². The van der Waals surface area contributed by atoms with Crippen molar-refractivity contribution >= 4 is 23.2 Å². The van der Waals surface area contributed by atoms with Crippen LogP contribution in [0.1, 0.15) is 32.6 Å². The van der Waals surface area contributed by atoms with Crippen LogP contribution in [0.3, 0.4) is 0 Å². The van der Waals surface area contributed by atoms with Crippen LogP contribution in [0.5, 0.6) is 0 Å². The van der Waals surface area contributed by atoms with Crippen LogP contribution in [-0.2, 0) is 4.79 Å². The van der Waals surface area contributed by atoms with Gasteiger partial charge in [0, 0.05) is 11.4 Å². The van der Waals surface area contributed by atoms with E-state index in [0.29, 0.717) is 11.4 Å². The summed E-state index contributed by atoms with van der Waals surface area (Å²) in [6, 6.07) is 4.20. The quantitative estimate of drug-likeness (QED) is 0.779. The Balaban J connectivity index is 2.49. The van der Waals surface area contributed by atoms with Gasteiger partial charge in [-0.2, -0.15) is 0 Å². The molecule has 0 heterocycles. The summed E-state index contributed by atoms with van der Waals surface area (Å²) in [5, 5.41) is 2.84. The smallest absolute Gasteiger partial charge is 0.224 e. The lowest BCUT2D eigenvalue weighted by molar-refractivity contribution is -0.116. The third kappa shape index (κ3) is 4.19. The fourth-order valence-electron chi connectivity index (χ4n) is 1.34. The topological polar surface area (TPSA) is 29.1 Å². The lowest BCUT2D eigenvalue weighted by Gasteiger charge is -2.06. The van der Waals surface area contributed by atoms with Gasteiger partial charge in [0.1, 0.15) is 5.82 Å². The Bertz CT molecular complexity index is 368. The molecule has 1 aromatic rings. The Labute approximate surface area is 99.8 Å². The molecule has 88 valence electrons. The van der Waals surface area contributed by atoms with Crippen molar-refractivity contribution < 1.29 is 9.18 Å². The Morgan fingerprint density at radius 2 is 2.19 bits per heavy atom. The Morgan fingerprint density at radius 3 is 2.81 bits per heavy atom. The molecule has 1 rings (SSSR count). The summed E-state index contributed by atoms with van der Waals surface area (Å²) in [6.45, 7) is 2.07. The fraction of sp³-hybridized carbons (Fsp3) is 0.417. The molecule has 0 fully saturated rings. The maximum atomic E-state index is 13.3. The molecule has 1 N–H and O–H groups in total. The van der Waals surface area contributed by atoms with Gasteiger partial charge >= 0.3 is 0 Å². The van der Waals surface area contributed by atoms with Gasteiger partial charge in [0.25, 0.3) is 0 Å². The van der Waals surface area contributed by atoms with Crippen LogP contribution in [-0.4, -0.2) is 5.91 Å². The van der Waals surface area contributed by atoms with Gasteiger partial charge in [0.2, 0.25) is 5.91 Å². The zero-order valence-electron chi connectivity index (χ0n) is 9.22. The van der Waals surface area contributed by atoms with E-state index in [2.05, 4.69) is 12.2 Å². The summed E-state index contributed by atoms with van der Waals surface area (Å²) in [5.41, 5.74) is 0.186. The Hall–Kier alpha value is -1.09. The van der Waals surface area contributed by atoms with E-state index in [9.17, 15) is 9.18 Å². The summed E-state index contributed by atoms with van der Waals surface area (Å²) < 4.78 is 13.3. The van der Waals surface area contributed by atoms with Crippen LogP contribution >= 0.6 is 11.6 Å². The van der Waals surface area contributed by atoms with Gasteiger partial charge in [0.15, 0.2) is 0 Å². The molecule has 16 heavy (non-hydrogen) atoms. The molecule has 0 aliphatic heterocycles. The van der Waals surface area contributed by atoms with E-state index in [1.165, 1.54) is 12.1 Å². The number of hydrogen-bond acceptors (Lipinski definition) is 1. The molecular weight excluding hydrogens is 229 g/mol. The number of amides is 1. The van der Waals surface area contributed by atoms with Gasteiger partial charge in [-0.3, -0.25) is 4.79 Å². The highest BCUT2D eigenvalue weighted by atomic mass is 35.5. The number of rotatable bonds is 5. The molecule has 4 heteroatoms.